The van der Waals surface area contributed by atoms with E-state index in [-0.39, 0.29) is 16.5 Å². The molecule has 0 aliphatic rings. The summed E-state index contributed by atoms with van der Waals surface area (Å²) in [5, 5.41) is 3.16. The van der Waals surface area contributed by atoms with Crippen molar-refractivity contribution in [3.8, 4) is 5.75 Å². The summed E-state index contributed by atoms with van der Waals surface area (Å²) in [4.78, 5) is 12.4. The Hall–Kier alpha value is -3.03. The number of ether oxygens (including phenoxy) is 1. The highest BCUT2D eigenvalue weighted by atomic mass is 35.5. The monoisotopic (exact) mass is 430 g/mol. The van der Waals surface area contributed by atoms with Crippen molar-refractivity contribution in [1.82, 2.24) is 0 Å². The van der Waals surface area contributed by atoms with Gasteiger partial charge in [0.05, 0.1) is 17.7 Å². The molecule has 2 N–H and O–H groups in total. The first kappa shape index (κ1) is 20.7. The summed E-state index contributed by atoms with van der Waals surface area (Å²) < 4.78 is 33.2. The van der Waals surface area contributed by atoms with E-state index in [0.29, 0.717) is 27.6 Å². The molecule has 0 bridgehead atoms. The first-order valence-corrected chi connectivity index (χ1v) is 10.5. The van der Waals surface area contributed by atoms with Gasteiger partial charge in [-0.1, -0.05) is 29.8 Å². The van der Waals surface area contributed by atoms with Crippen molar-refractivity contribution in [3.63, 3.8) is 0 Å². The Labute approximate surface area is 174 Å². The van der Waals surface area contributed by atoms with Crippen LogP contribution in [0.15, 0.2) is 71.6 Å². The fourth-order valence-corrected chi connectivity index (χ4v) is 4.01. The molecule has 0 spiro atoms. The van der Waals surface area contributed by atoms with Gasteiger partial charge in [0.15, 0.2) is 0 Å². The Morgan fingerprint density at radius 2 is 1.69 bits per heavy atom. The number of aryl methyl sites for hydroxylation is 1. The van der Waals surface area contributed by atoms with Crippen molar-refractivity contribution in [2.45, 2.75) is 11.8 Å². The molecule has 0 atom stereocenters. The zero-order chi connectivity index (χ0) is 21.0. The lowest BCUT2D eigenvalue weighted by Crippen LogP contribution is -2.15. The van der Waals surface area contributed by atoms with Crippen LogP contribution in [0.2, 0.25) is 5.02 Å². The van der Waals surface area contributed by atoms with Crippen molar-refractivity contribution in [3.05, 3.63) is 82.9 Å². The molecule has 0 heterocycles. The molecule has 3 aromatic carbocycles. The Morgan fingerprint density at radius 1 is 0.966 bits per heavy atom. The largest absolute Gasteiger partial charge is 0.495 e. The topological polar surface area (TPSA) is 84.5 Å². The zero-order valence-corrected chi connectivity index (χ0v) is 17.3. The second kappa shape index (κ2) is 8.55. The Bertz CT molecular complexity index is 1150. The van der Waals surface area contributed by atoms with E-state index < -0.39 is 10.0 Å². The predicted molar refractivity (Wildman–Crippen MR) is 114 cm³/mol. The lowest BCUT2D eigenvalue weighted by atomic mass is 10.1. The van der Waals surface area contributed by atoms with Gasteiger partial charge in [0.2, 0.25) is 0 Å². The summed E-state index contributed by atoms with van der Waals surface area (Å²) >= 11 is 5.96. The summed E-state index contributed by atoms with van der Waals surface area (Å²) in [7, 11) is -2.44. The van der Waals surface area contributed by atoms with Gasteiger partial charge in [0.1, 0.15) is 5.75 Å². The highest BCUT2D eigenvalue weighted by Crippen LogP contribution is 2.30. The number of halogens is 1. The van der Waals surface area contributed by atoms with E-state index in [1.165, 1.54) is 25.3 Å². The SMILES string of the molecule is COc1ccc(Cl)cc1NS(=O)(=O)c1ccc(NC(=O)c2ccccc2)c(C)c1. The maximum Gasteiger partial charge on any atom is 0.262 e. The number of nitrogens with one attached hydrogen (secondary N) is 2. The van der Waals surface area contributed by atoms with Crippen LogP contribution in [0.1, 0.15) is 15.9 Å². The number of amides is 1. The molecule has 1 amide bonds. The summed E-state index contributed by atoms with van der Waals surface area (Å²) in [6.45, 7) is 1.72. The van der Waals surface area contributed by atoms with Gasteiger partial charge < -0.3 is 10.1 Å². The van der Waals surface area contributed by atoms with Crippen molar-refractivity contribution < 1.29 is 17.9 Å². The Kier molecular flexibility index (Phi) is 6.10. The normalized spacial score (nSPS) is 11.0. The molecule has 0 aliphatic carbocycles. The Morgan fingerprint density at radius 3 is 2.34 bits per heavy atom. The van der Waals surface area contributed by atoms with Gasteiger partial charge >= 0.3 is 0 Å². The molecule has 29 heavy (non-hydrogen) atoms. The summed E-state index contributed by atoms with van der Waals surface area (Å²) in [5.41, 5.74) is 1.88. The molecular formula is C21H19ClN2O4S. The van der Waals surface area contributed by atoms with E-state index in [1.54, 1.807) is 49.4 Å². The van der Waals surface area contributed by atoms with E-state index in [9.17, 15) is 13.2 Å². The molecule has 0 aromatic heterocycles. The van der Waals surface area contributed by atoms with E-state index in [1.807, 2.05) is 6.07 Å². The van der Waals surface area contributed by atoms with Crippen molar-refractivity contribution in [1.29, 1.82) is 0 Å². The number of hydrogen-bond acceptors (Lipinski definition) is 4. The predicted octanol–water partition coefficient (Wildman–Crippen LogP) is 4.71. The van der Waals surface area contributed by atoms with Crippen LogP contribution in [-0.2, 0) is 10.0 Å². The van der Waals surface area contributed by atoms with E-state index in [2.05, 4.69) is 10.0 Å². The zero-order valence-electron chi connectivity index (χ0n) is 15.8. The van der Waals surface area contributed by atoms with Gasteiger partial charge in [-0.2, -0.15) is 0 Å². The first-order chi connectivity index (χ1) is 13.8. The van der Waals surface area contributed by atoms with E-state index >= 15 is 0 Å². The van der Waals surface area contributed by atoms with Gasteiger partial charge in [0.25, 0.3) is 15.9 Å². The molecule has 0 aliphatic heterocycles. The highest BCUT2D eigenvalue weighted by molar-refractivity contribution is 7.92. The number of carbonyl (C=O) groups excluding carboxylic acids is 1. The second-order valence-electron chi connectivity index (χ2n) is 6.25. The number of carbonyl (C=O) groups is 1. The number of anilines is 2. The van der Waals surface area contributed by atoms with Crippen LogP contribution in [0.25, 0.3) is 0 Å². The summed E-state index contributed by atoms with van der Waals surface area (Å²) in [5.74, 6) is 0.0764. The minimum absolute atomic E-state index is 0.0507. The maximum absolute atomic E-state index is 12.8. The quantitative estimate of drug-likeness (QED) is 0.593. The molecule has 0 radical (unpaired) electrons. The highest BCUT2D eigenvalue weighted by Gasteiger charge is 2.18. The lowest BCUT2D eigenvalue weighted by molar-refractivity contribution is 0.102. The van der Waals surface area contributed by atoms with Crippen LogP contribution in [-0.4, -0.2) is 21.4 Å². The fraction of sp³-hybridized carbons (Fsp3) is 0.0952. The average Bonchev–Trinajstić information content (AvgIpc) is 2.70. The van der Waals surface area contributed by atoms with Crippen molar-refractivity contribution >= 4 is 38.9 Å². The maximum atomic E-state index is 12.8. The fourth-order valence-electron chi connectivity index (χ4n) is 2.69. The summed E-state index contributed by atoms with van der Waals surface area (Å²) in [6, 6.07) is 17.9. The molecule has 8 heteroatoms. The minimum Gasteiger partial charge on any atom is -0.495 e. The third-order valence-corrected chi connectivity index (χ3v) is 5.80. The molecular weight excluding hydrogens is 412 g/mol. The second-order valence-corrected chi connectivity index (χ2v) is 8.37. The third-order valence-electron chi connectivity index (χ3n) is 4.20. The van der Waals surface area contributed by atoms with Crippen molar-refractivity contribution in [2.75, 3.05) is 17.1 Å². The molecule has 0 saturated heterocycles. The van der Waals surface area contributed by atoms with Gasteiger partial charge in [-0.25, -0.2) is 8.42 Å². The number of benzene rings is 3. The molecule has 0 fully saturated rings. The van der Waals surface area contributed by atoms with Gasteiger partial charge in [0, 0.05) is 16.3 Å². The van der Waals surface area contributed by atoms with Crippen LogP contribution in [0.3, 0.4) is 0 Å². The van der Waals surface area contributed by atoms with Gasteiger partial charge in [-0.15, -0.1) is 0 Å². The van der Waals surface area contributed by atoms with Crippen molar-refractivity contribution in [2.24, 2.45) is 0 Å². The smallest absolute Gasteiger partial charge is 0.262 e. The summed E-state index contributed by atoms with van der Waals surface area (Å²) in [6.07, 6.45) is 0. The van der Waals surface area contributed by atoms with Crippen LogP contribution in [0, 0.1) is 6.92 Å². The molecule has 0 saturated carbocycles. The van der Waals surface area contributed by atoms with Crippen LogP contribution >= 0.6 is 11.6 Å². The van der Waals surface area contributed by atoms with Crippen LogP contribution in [0.4, 0.5) is 11.4 Å². The number of methoxy groups -OCH3 is 1. The van der Waals surface area contributed by atoms with Gasteiger partial charge in [-0.05, 0) is 61.0 Å². The first-order valence-electron chi connectivity index (χ1n) is 8.63. The number of rotatable bonds is 6. The molecule has 3 aromatic rings. The number of sulfonamides is 1. The van der Waals surface area contributed by atoms with E-state index in [4.69, 9.17) is 16.3 Å². The molecule has 3 rings (SSSR count). The van der Waals surface area contributed by atoms with Gasteiger partial charge in [-0.3, -0.25) is 9.52 Å². The van der Waals surface area contributed by atoms with Crippen LogP contribution < -0.4 is 14.8 Å². The number of hydrogen-bond donors (Lipinski definition) is 2. The van der Waals surface area contributed by atoms with E-state index in [0.717, 1.165) is 0 Å². The van der Waals surface area contributed by atoms with Crippen LogP contribution in [0.5, 0.6) is 5.75 Å². The Balaban J connectivity index is 1.84. The standard InChI is InChI=1S/C21H19ClN2O4S/c1-14-12-17(9-10-18(14)23-21(25)15-6-4-3-5-7-15)29(26,27)24-19-13-16(22)8-11-20(19)28-2/h3-13,24H,1-2H3,(H,23,25). The average molecular weight is 431 g/mol. The minimum atomic E-state index is -3.88. The third kappa shape index (κ3) is 4.88. The molecule has 6 nitrogen and oxygen atoms in total. The molecule has 0 unspecified atom stereocenters. The molecule has 150 valence electrons. The lowest BCUT2D eigenvalue weighted by Gasteiger charge is -2.14.